The number of hydrogen-bond acceptors (Lipinski definition) is 5. The number of thiophene rings is 1. The molecule has 2 atom stereocenters. The van der Waals surface area contributed by atoms with Gasteiger partial charge >= 0.3 is 5.97 Å². The fourth-order valence-electron chi connectivity index (χ4n) is 5.45. The van der Waals surface area contributed by atoms with E-state index in [0.29, 0.717) is 53.1 Å². The van der Waals surface area contributed by atoms with Gasteiger partial charge in [-0.05, 0) is 84.3 Å². The Labute approximate surface area is 235 Å². The van der Waals surface area contributed by atoms with Crippen LogP contribution in [-0.4, -0.2) is 29.1 Å². The molecular weight excluding hydrogens is 512 g/mol. The molecule has 0 saturated heterocycles. The molecule has 208 valence electrons. The molecule has 0 aliphatic heterocycles. The summed E-state index contributed by atoms with van der Waals surface area (Å²) in [4.78, 5) is 29.2. The second-order valence-electron chi connectivity index (χ2n) is 11.9. The highest BCUT2D eigenvalue weighted by molar-refractivity contribution is 7.15. The molecule has 8 heteroatoms. The van der Waals surface area contributed by atoms with Gasteiger partial charge in [0.1, 0.15) is 4.88 Å². The molecule has 1 N–H and O–H groups in total. The number of carboxylic acid groups (broad SMARTS) is 1. The average molecular weight is 551 g/mol. The van der Waals surface area contributed by atoms with Crippen LogP contribution in [0.25, 0.3) is 0 Å². The molecule has 0 radical (unpaired) electrons. The number of aromatic nitrogens is 1. The van der Waals surface area contributed by atoms with Gasteiger partial charge in [0.05, 0.1) is 16.7 Å². The van der Waals surface area contributed by atoms with Crippen molar-refractivity contribution in [3.05, 3.63) is 57.2 Å². The normalized spacial score (nSPS) is 23.3. The van der Waals surface area contributed by atoms with E-state index in [1.807, 2.05) is 20.8 Å². The Bertz CT molecular complexity index is 1300. The molecular formula is C31H38N2O5S. The third-order valence-corrected chi connectivity index (χ3v) is 8.42. The van der Waals surface area contributed by atoms with E-state index in [9.17, 15) is 19.9 Å². The predicted molar refractivity (Wildman–Crippen MR) is 153 cm³/mol. The molecule has 2 aliphatic rings. The standard InChI is InChI=1S/C31H38N2O5S/c1-20-8-13-26(21(2)17-20)29(34)33(27-18-25(14-15-31(3,4)5)39-28(27)30(35)36)22-9-11-23(12-10-22)38-24-7-6-16-32(37)19-24/h6-8,16,18-19,21-23,26H,9-13,17H2,1-5H3,(H,35,36)/t21-,22-,23-,26?/m0/s1. The lowest BCUT2D eigenvalue weighted by Crippen LogP contribution is -2.48. The molecule has 4 rings (SSSR count). The number of hydrogen-bond donors (Lipinski definition) is 1. The first-order valence-electron chi connectivity index (χ1n) is 13.7. The van der Waals surface area contributed by atoms with Gasteiger partial charge in [0, 0.05) is 23.4 Å². The summed E-state index contributed by atoms with van der Waals surface area (Å²) in [6.45, 7) is 10.2. The molecule has 39 heavy (non-hydrogen) atoms. The fourth-order valence-corrected chi connectivity index (χ4v) is 6.30. The summed E-state index contributed by atoms with van der Waals surface area (Å²) in [5.41, 5.74) is 1.51. The van der Waals surface area contributed by atoms with E-state index in [1.165, 1.54) is 18.0 Å². The number of pyridine rings is 1. The fraction of sp³-hybridized carbons (Fsp3) is 0.516. The van der Waals surface area contributed by atoms with Gasteiger partial charge in [-0.25, -0.2) is 4.79 Å². The molecule has 0 spiro atoms. The van der Waals surface area contributed by atoms with E-state index in [4.69, 9.17) is 4.74 Å². The summed E-state index contributed by atoms with van der Waals surface area (Å²) in [5, 5.41) is 21.8. The smallest absolute Gasteiger partial charge is 0.348 e. The first-order chi connectivity index (χ1) is 18.4. The number of carbonyl (C=O) groups excluding carboxylic acids is 1. The van der Waals surface area contributed by atoms with E-state index in [-0.39, 0.29) is 40.2 Å². The SMILES string of the molecule is CC1=CCC(C(=O)N(c2cc(C#CC(C)(C)C)sc2C(=O)O)[C@H]2CC[C@H](Oc3ccc[n+]([O-])c3)CC2)[C@@H](C)C1. The maximum atomic E-state index is 14.2. The minimum absolute atomic E-state index is 0.0123. The van der Waals surface area contributed by atoms with Gasteiger partial charge in [0.2, 0.25) is 12.1 Å². The Morgan fingerprint density at radius 1 is 1.23 bits per heavy atom. The maximum absolute atomic E-state index is 14.2. The van der Waals surface area contributed by atoms with Crippen LogP contribution >= 0.6 is 11.3 Å². The van der Waals surface area contributed by atoms with Gasteiger partial charge in [-0.15, -0.1) is 11.3 Å². The van der Waals surface area contributed by atoms with Crippen LogP contribution in [0.2, 0.25) is 0 Å². The van der Waals surface area contributed by atoms with Crippen molar-refractivity contribution in [3.63, 3.8) is 0 Å². The van der Waals surface area contributed by atoms with Crippen LogP contribution in [0.4, 0.5) is 5.69 Å². The van der Waals surface area contributed by atoms with Gasteiger partial charge in [0.15, 0.2) is 11.9 Å². The van der Waals surface area contributed by atoms with Crippen molar-refractivity contribution in [2.24, 2.45) is 17.3 Å². The van der Waals surface area contributed by atoms with E-state index in [1.54, 1.807) is 23.1 Å². The van der Waals surface area contributed by atoms with Crippen LogP contribution in [0.1, 0.15) is 87.7 Å². The van der Waals surface area contributed by atoms with E-state index in [2.05, 4.69) is 31.8 Å². The zero-order valence-corrected chi connectivity index (χ0v) is 24.2. The van der Waals surface area contributed by atoms with Gasteiger partial charge in [-0.2, -0.15) is 4.73 Å². The van der Waals surface area contributed by atoms with E-state index in [0.717, 1.165) is 17.8 Å². The summed E-state index contributed by atoms with van der Waals surface area (Å²) in [7, 11) is 0. The van der Waals surface area contributed by atoms with Gasteiger partial charge in [-0.3, -0.25) is 4.79 Å². The molecule has 1 fully saturated rings. The van der Waals surface area contributed by atoms with Crippen molar-refractivity contribution >= 4 is 28.9 Å². The zero-order chi connectivity index (χ0) is 28.3. The third-order valence-electron chi connectivity index (χ3n) is 7.39. The topological polar surface area (TPSA) is 93.8 Å². The summed E-state index contributed by atoms with van der Waals surface area (Å²) in [6.07, 6.45) is 9.16. The molecule has 2 aliphatic carbocycles. The highest BCUT2D eigenvalue weighted by atomic mass is 32.1. The van der Waals surface area contributed by atoms with E-state index < -0.39 is 5.97 Å². The van der Waals surface area contributed by atoms with Crippen molar-refractivity contribution in [1.82, 2.24) is 0 Å². The minimum Gasteiger partial charge on any atom is -0.619 e. The minimum atomic E-state index is -1.05. The van der Waals surface area contributed by atoms with Crippen molar-refractivity contribution < 1.29 is 24.2 Å². The zero-order valence-electron chi connectivity index (χ0n) is 23.4. The van der Waals surface area contributed by atoms with Gasteiger partial charge in [-0.1, -0.05) is 30.4 Å². The Kier molecular flexibility index (Phi) is 8.70. The lowest BCUT2D eigenvalue weighted by molar-refractivity contribution is -0.605. The Hall–Kier alpha value is -3.31. The van der Waals surface area contributed by atoms with Crippen LogP contribution in [0.3, 0.4) is 0 Å². The Balaban J connectivity index is 1.64. The molecule has 1 saturated carbocycles. The molecule has 7 nitrogen and oxygen atoms in total. The second kappa shape index (κ2) is 11.8. The highest BCUT2D eigenvalue weighted by Crippen LogP contribution is 2.39. The quantitative estimate of drug-likeness (QED) is 0.200. The number of aromatic carboxylic acids is 1. The summed E-state index contributed by atoms with van der Waals surface area (Å²) in [5.74, 6) is 5.77. The number of ether oxygens (including phenoxy) is 1. The first-order valence-corrected chi connectivity index (χ1v) is 14.5. The molecule has 2 aromatic heterocycles. The number of carbonyl (C=O) groups is 2. The van der Waals surface area contributed by atoms with Crippen LogP contribution in [0, 0.1) is 34.3 Å². The van der Waals surface area contributed by atoms with Gasteiger partial charge < -0.3 is 20.0 Å². The van der Waals surface area contributed by atoms with Crippen LogP contribution in [0.15, 0.2) is 42.2 Å². The molecule has 0 bridgehead atoms. The van der Waals surface area contributed by atoms with Crippen molar-refractivity contribution in [2.75, 3.05) is 4.90 Å². The molecule has 2 heterocycles. The van der Waals surface area contributed by atoms with Gasteiger partial charge in [0.25, 0.3) is 0 Å². The molecule has 2 aromatic rings. The van der Waals surface area contributed by atoms with Crippen molar-refractivity contribution in [3.8, 4) is 17.6 Å². The van der Waals surface area contributed by atoms with Crippen LogP contribution in [0.5, 0.6) is 5.75 Å². The second-order valence-corrected chi connectivity index (χ2v) is 12.9. The number of nitrogens with zero attached hydrogens (tertiary/aromatic N) is 2. The first kappa shape index (κ1) is 28.7. The molecule has 1 unspecified atom stereocenters. The number of carboxylic acids is 1. The number of amides is 1. The summed E-state index contributed by atoms with van der Waals surface area (Å²) >= 11 is 1.13. The van der Waals surface area contributed by atoms with Crippen molar-refractivity contribution in [2.45, 2.75) is 85.3 Å². The number of anilines is 1. The largest absolute Gasteiger partial charge is 0.619 e. The Morgan fingerprint density at radius 2 is 1.95 bits per heavy atom. The van der Waals surface area contributed by atoms with Crippen LogP contribution < -0.4 is 14.4 Å². The van der Waals surface area contributed by atoms with E-state index >= 15 is 0 Å². The maximum Gasteiger partial charge on any atom is 0.348 e. The van der Waals surface area contributed by atoms with Crippen molar-refractivity contribution in [1.29, 1.82) is 0 Å². The number of rotatable bonds is 6. The average Bonchev–Trinajstić information content (AvgIpc) is 3.28. The lowest BCUT2D eigenvalue weighted by Gasteiger charge is -2.40. The summed E-state index contributed by atoms with van der Waals surface area (Å²) < 4.78 is 6.78. The summed E-state index contributed by atoms with van der Waals surface area (Å²) in [6, 6.07) is 5.06. The monoisotopic (exact) mass is 550 g/mol. The van der Waals surface area contributed by atoms with Crippen LogP contribution in [-0.2, 0) is 4.79 Å². The molecule has 1 amide bonds. The molecule has 0 aromatic carbocycles. The highest BCUT2D eigenvalue weighted by Gasteiger charge is 2.39. The third kappa shape index (κ3) is 7.21. The lowest BCUT2D eigenvalue weighted by atomic mass is 9.79. The predicted octanol–water partition coefficient (Wildman–Crippen LogP) is 6.19. The number of allylic oxidation sites excluding steroid dienone is 2. The Morgan fingerprint density at radius 3 is 2.56 bits per heavy atom.